The van der Waals surface area contributed by atoms with E-state index in [2.05, 4.69) is 24.6 Å². The second kappa shape index (κ2) is 6.99. The summed E-state index contributed by atoms with van der Waals surface area (Å²) in [6, 6.07) is 0.483. The summed E-state index contributed by atoms with van der Waals surface area (Å²) >= 11 is 0. The Bertz CT molecular complexity index is 65.9. The summed E-state index contributed by atoms with van der Waals surface area (Å²) in [6.45, 7) is 6.24. The highest BCUT2D eigenvalue weighted by Crippen LogP contribution is 1.84. The fraction of sp³-hybridized carbons (Fsp3) is 1.00. The van der Waals surface area contributed by atoms with E-state index in [0.717, 1.165) is 13.1 Å². The molecule has 0 amide bonds. The zero-order valence-electron chi connectivity index (χ0n) is 6.98. The highest BCUT2D eigenvalue weighted by Gasteiger charge is 1.96. The molecule has 0 heterocycles. The molecule has 0 spiro atoms. The van der Waals surface area contributed by atoms with Crippen molar-refractivity contribution in [1.82, 2.24) is 10.7 Å². The summed E-state index contributed by atoms with van der Waals surface area (Å²) in [5, 5.41) is 3.34. The Hall–Kier alpha value is -0.120. The number of unbranched alkanes of at least 4 members (excludes halogenated alkanes) is 1. The molecular weight excluding hydrogens is 126 g/mol. The van der Waals surface area contributed by atoms with Gasteiger partial charge in [0, 0.05) is 12.6 Å². The van der Waals surface area contributed by atoms with Gasteiger partial charge in [-0.2, -0.15) is 0 Å². The third-order valence-corrected chi connectivity index (χ3v) is 1.45. The molecule has 0 aliphatic carbocycles. The van der Waals surface area contributed by atoms with Gasteiger partial charge >= 0.3 is 0 Å². The van der Waals surface area contributed by atoms with Crippen molar-refractivity contribution in [2.45, 2.75) is 32.7 Å². The summed E-state index contributed by atoms with van der Waals surface area (Å²) in [5.41, 5.74) is 2.63. The van der Waals surface area contributed by atoms with Crippen molar-refractivity contribution >= 4 is 0 Å². The van der Waals surface area contributed by atoms with Crippen LogP contribution in [0.4, 0.5) is 0 Å². The van der Waals surface area contributed by atoms with E-state index in [9.17, 15) is 0 Å². The first kappa shape index (κ1) is 9.88. The third kappa shape index (κ3) is 6.01. The Morgan fingerprint density at radius 1 is 1.50 bits per heavy atom. The van der Waals surface area contributed by atoms with E-state index in [-0.39, 0.29) is 0 Å². The van der Waals surface area contributed by atoms with Gasteiger partial charge in [0.05, 0.1) is 0 Å². The lowest BCUT2D eigenvalue weighted by atomic mass is 10.3. The molecule has 62 valence electrons. The van der Waals surface area contributed by atoms with Gasteiger partial charge in [-0.3, -0.25) is 11.3 Å². The number of nitrogens with two attached hydrogens (primary N) is 1. The van der Waals surface area contributed by atoms with Crippen molar-refractivity contribution in [2.24, 2.45) is 5.84 Å². The Labute approximate surface area is 63.3 Å². The van der Waals surface area contributed by atoms with Crippen LogP contribution >= 0.6 is 0 Å². The summed E-state index contributed by atoms with van der Waals surface area (Å²) in [4.78, 5) is 0. The van der Waals surface area contributed by atoms with Gasteiger partial charge in [-0.15, -0.1) is 0 Å². The fourth-order valence-corrected chi connectivity index (χ4v) is 0.774. The average Bonchev–Trinajstić information content (AvgIpc) is 1.89. The molecule has 0 fully saturated rings. The standard InChI is InChI=1S/C7H19N3/c1-3-4-5-9-7(2)6-10-8/h7,9-10H,3-6,8H2,1-2H3. The zero-order chi connectivity index (χ0) is 7.82. The van der Waals surface area contributed by atoms with Crippen molar-refractivity contribution in [3.63, 3.8) is 0 Å². The topological polar surface area (TPSA) is 50.1 Å². The normalized spacial score (nSPS) is 13.5. The van der Waals surface area contributed by atoms with Gasteiger partial charge in [-0.05, 0) is 19.9 Å². The molecule has 0 aromatic carbocycles. The molecule has 0 aliphatic rings. The molecule has 0 saturated heterocycles. The van der Waals surface area contributed by atoms with Gasteiger partial charge in [0.25, 0.3) is 0 Å². The highest BCUT2D eigenvalue weighted by molar-refractivity contribution is 4.60. The van der Waals surface area contributed by atoms with Gasteiger partial charge in [0.15, 0.2) is 0 Å². The molecule has 1 unspecified atom stereocenters. The van der Waals surface area contributed by atoms with Crippen molar-refractivity contribution in [1.29, 1.82) is 0 Å². The van der Waals surface area contributed by atoms with Gasteiger partial charge in [-0.25, -0.2) is 0 Å². The lowest BCUT2D eigenvalue weighted by Gasteiger charge is -2.11. The van der Waals surface area contributed by atoms with E-state index >= 15 is 0 Å². The van der Waals surface area contributed by atoms with E-state index in [4.69, 9.17) is 5.84 Å². The van der Waals surface area contributed by atoms with E-state index in [0.29, 0.717) is 6.04 Å². The number of rotatable bonds is 6. The Morgan fingerprint density at radius 3 is 2.70 bits per heavy atom. The Kier molecular flexibility index (Phi) is 6.91. The monoisotopic (exact) mass is 145 g/mol. The largest absolute Gasteiger partial charge is 0.313 e. The third-order valence-electron chi connectivity index (χ3n) is 1.45. The van der Waals surface area contributed by atoms with Crippen LogP contribution in [0, 0.1) is 0 Å². The van der Waals surface area contributed by atoms with E-state index in [1.165, 1.54) is 12.8 Å². The quantitative estimate of drug-likeness (QED) is 0.285. The van der Waals surface area contributed by atoms with Gasteiger partial charge in [-0.1, -0.05) is 13.3 Å². The van der Waals surface area contributed by atoms with Crippen molar-refractivity contribution in [3.8, 4) is 0 Å². The predicted molar refractivity (Wildman–Crippen MR) is 44.6 cm³/mol. The summed E-state index contributed by atoms with van der Waals surface area (Å²) in [7, 11) is 0. The average molecular weight is 145 g/mol. The van der Waals surface area contributed by atoms with Crippen LogP contribution in [-0.4, -0.2) is 19.1 Å². The number of hydrogen-bond donors (Lipinski definition) is 3. The SMILES string of the molecule is CCCCNC(C)CNN. The first-order chi connectivity index (χ1) is 4.81. The minimum atomic E-state index is 0.483. The first-order valence-electron chi connectivity index (χ1n) is 3.98. The van der Waals surface area contributed by atoms with Crippen LogP contribution in [0.15, 0.2) is 0 Å². The molecule has 0 aromatic heterocycles. The lowest BCUT2D eigenvalue weighted by Crippen LogP contribution is -2.39. The minimum Gasteiger partial charge on any atom is -0.313 e. The second-order valence-corrected chi connectivity index (χ2v) is 2.62. The fourth-order valence-electron chi connectivity index (χ4n) is 0.774. The second-order valence-electron chi connectivity index (χ2n) is 2.62. The molecule has 4 N–H and O–H groups in total. The molecule has 0 aromatic rings. The van der Waals surface area contributed by atoms with Crippen LogP contribution in [0.2, 0.25) is 0 Å². The summed E-state index contributed by atoms with van der Waals surface area (Å²) in [6.07, 6.45) is 2.49. The van der Waals surface area contributed by atoms with Crippen molar-refractivity contribution in [3.05, 3.63) is 0 Å². The molecule has 0 rings (SSSR count). The van der Waals surface area contributed by atoms with Crippen LogP contribution in [0.25, 0.3) is 0 Å². The smallest absolute Gasteiger partial charge is 0.0249 e. The minimum absolute atomic E-state index is 0.483. The maximum atomic E-state index is 5.14. The van der Waals surface area contributed by atoms with E-state index < -0.39 is 0 Å². The molecule has 3 heteroatoms. The summed E-state index contributed by atoms with van der Waals surface area (Å²) in [5.74, 6) is 5.14. The van der Waals surface area contributed by atoms with E-state index in [1.807, 2.05) is 0 Å². The molecule has 0 radical (unpaired) electrons. The molecule has 1 atom stereocenters. The van der Waals surface area contributed by atoms with Crippen LogP contribution in [0.1, 0.15) is 26.7 Å². The maximum Gasteiger partial charge on any atom is 0.0249 e. The van der Waals surface area contributed by atoms with Crippen LogP contribution in [0.3, 0.4) is 0 Å². The predicted octanol–water partition coefficient (Wildman–Crippen LogP) is 0.228. The number of nitrogens with one attached hydrogen (secondary N) is 2. The zero-order valence-corrected chi connectivity index (χ0v) is 6.98. The number of hydrogen-bond acceptors (Lipinski definition) is 3. The van der Waals surface area contributed by atoms with Crippen LogP contribution < -0.4 is 16.6 Å². The van der Waals surface area contributed by atoms with Gasteiger partial charge in [0.2, 0.25) is 0 Å². The Balaban J connectivity index is 2.97. The molecule has 10 heavy (non-hydrogen) atoms. The van der Waals surface area contributed by atoms with Crippen LogP contribution in [0.5, 0.6) is 0 Å². The van der Waals surface area contributed by atoms with Crippen molar-refractivity contribution in [2.75, 3.05) is 13.1 Å². The first-order valence-corrected chi connectivity index (χ1v) is 3.98. The molecule has 0 saturated carbocycles. The van der Waals surface area contributed by atoms with Crippen LogP contribution in [-0.2, 0) is 0 Å². The molecule has 0 aliphatic heterocycles. The Morgan fingerprint density at radius 2 is 2.20 bits per heavy atom. The maximum absolute atomic E-state index is 5.14. The highest BCUT2D eigenvalue weighted by atomic mass is 15.2. The van der Waals surface area contributed by atoms with E-state index in [1.54, 1.807) is 0 Å². The summed E-state index contributed by atoms with van der Waals surface area (Å²) < 4.78 is 0. The van der Waals surface area contributed by atoms with Crippen molar-refractivity contribution < 1.29 is 0 Å². The molecular formula is C7H19N3. The number of hydrazine groups is 1. The molecule has 0 bridgehead atoms. The van der Waals surface area contributed by atoms with Gasteiger partial charge in [0.1, 0.15) is 0 Å². The molecule has 3 nitrogen and oxygen atoms in total. The van der Waals surface area contributed by atoms with Gasteiger partial charge < -0.3 is 5.32 Å². The lowest BCUT2D eigenvalue weighted by molar-refractivity contribution is 0.501.